The second-order valence-electron chi connectivity index (χ2n) is 5.09. The minimum absolute atomic E-state index is 0.0165. The first-order valence-electron chi connectivity index (χ1n) is 6.93. The largest absolute Gasteiger partial charge is 0.380 e. The molecule has 0 radical (unpaired) electrons. The number of carbonyl (C=O) groups excluding carboxylic acids is 1. The molecule has 0 aliphatic rings. The molecule has 1 atom stereocenters. The van der Waals surface area contributed by atoms with Crippen molar-refractivity contribution in [1.29, 1.82) is 0 Å². The van der Waals surface area contributed by atoms with E-state index in [1.165, 1.54) is 12.3 Å². The average molecular weight is 369 g/mol. The maximum atomic E-state index is 11.4. The zero-order valence-electron chi connectivity index (χ0n) is 12.9. The Morgan fingerprint density at radius 3 is 2.88 bits per heavy atom. The number of pyridine rings is 1. The number of nitrogens with two attached hydrogens (primary N) is 1. The van der Waals surface area contributed by atoms with Crippen molar-refractivity contribution in [2.45, 2.75) is 6.54 Å². The highest BCUT2D eigenvalue weighted by Crippen LogP contribution is 2.20. The summed E-state index contributed by atoms with van der Waals surface area (Å²) in [6.07, 6.45) is 1.33. The first kappa shape index (κ1) is 18.2. The lowest BCUT2D eigenvalue weighted by Crippen LogP contribution is -2.21. The van der Waals surface area contributed by atoms with E-state index in [9.17, 15) is 9.00 Å². The summed E-state index contributed by atoms with van der Waals surface area (Å²) in [5.41, 5.74) is 7.80. The summed E-state index contributed by atoms with van der Waals surface area (Å²) in [5.74, 6) is -0.580. The van der Waals surface area contributed by atoms with Crippen molar-refractivity contribution in [3.8, 4) is 0 Å². The van der Waals surface area contributed by atoms with Crippen molar-refractivity contribution in [2.24, 2.45) is 5.73 Å². The third-order valence-electron chi connectivity index (χ3n) is 3.27. The van der Waals surface area contributed by atoms with E-state index in [1.807, 2.05) is 24.3 Å². The number of halogens is 1. The van der Waals surface area contributed by atoms with Crippen molar-refractivity contribution in [3.63, 3.8) is 0 Å². The molecular formula is C15H17ClN4O3S. The summed E-state index contributed by atoms with van der Waals surface area (Å²) in [4.78, 5) is 17.0. The molecule has 0 bridgehead atoms. The normalized spacial score (nSPS) is 11.8. The van der Waals surface area contributed by atoms with Crippen LogP contribution in [0.2, 0.25) is 5.15 Å². The van der Waals surface area contributed by atoms with Crippen LogP contribution in [0.1, 0.15) is 15.9 Å². The molecule has 0 fully saturated rings. The molecule has 1 aromatic heterocycles. The maximum Gasteiger partial charge on any atom is 0.252 e. The van der Waals surface area contributed by atoms with Crippen LogP contribution in [0.4, 0.5) is 11.4 Å². The van der Waals surface area contributed by atoms with Gasteiger partial charge >= 0.3 is 0 Å². The van der Waals surface area contributed by atoms with E-state index in [1.54, 1.807) is 11.9 Å². The standard InChI is InChI=1S/C15H17ClN4O3S/c1-20(9-24(22)23)11-4-2-3-10(5-11)7-18-13-6-14(16)19-8-12(13)15(17)21/h2-6,8H,7,9H2,1H3,(H2,17,21)(H,18,19)(H,22,23). The van der Waals surface area contributed by atoms with Crippen LogP contribution >= 0.6 is 11.6 Å². The Kier molecular flexibility index (Phi) is 6.13. The van der Waals surface area contributed by atoms with Gasteiger partial charge in [-0.3, -0.25) is 4.79 Å². The van der Waals surface area contributed by atoms with Crippen molar-refractivity contribution < 1.29 is 13.6 Å². The van der Waals surface area contributed by atoms with Gasteiger partial charge in [0.1, 0.15) is 11.0 Å². The number of benzene rings is 1. The third-order valence-corrected chi connectivity index (χ3v) is 4.09. The minimum Gasteiger partial charge on any atom is -0.380 e. The Morgan fingerprint density at radius 2 is 2.21 bits per heavy atom. The Morgan fingerprint density at radius 1 is 1.46 bits per heavy atom. The molecule has 0 spiro atoms. The Balaban J connectivity index is 2.14. The molecule has 1 unspecified atom stereocenters. The van der Waals surface area contributed by atoms with Gasteiger partial charge in [0.15, 0.2) is 11.1 Å². The van der Waals surface area contributed by atoms with Crippen molar-refractivity contribution >= 4 is 40.0 Å². The Labute approximate surface area is 147 Å². The van der Waals surface area contributed by atoms with E-state index >= 15 is 0 Å². The summed E-state index contributed by atoms with van der Waals surface area (Å²) in [5, 5.41) is 3.36. The SMILES string of the molecule is CN(CS(=O)O)c1cccc(CNc2cc(Cl)ncc2C(N)=O)c1. The fourth-order valence-electron chi connectivity index (χ4n) is 2.11. The summed E-state index contributed by atoms with van der Waals surface area (Å²) in [7, 11) is 1.73. The number of nitrogens with zero attached hydrogens (tertiary/aromatic N) is 2. The van der Waals surface area contributed by atoms with Gasteiger partial charge in [0.05, 0.1) is 11.3 Å². The molecule has 2 rings (SSSR count). The van der Waals surface area contributed by atoms with E-state index in [2.05, 4.69) is 10.3 Å². The van der Waals surface area contributed by atoms with Gasteiger partial charge in [0.25, 0.3) is 5.91 Å². The lowest BCUT2D eigenvalue weighted by atomic mass is 10.1. The molecule has 0 aliphatic heterocycles. The molecule has 128 valence electrons. The summed E-state index contributed by atoms with van der Waals surface area (Å²) in [6, 6.07) is 9.00. The highest BCUT2D eigenvalue weighted by Gasteiger charge is 2.10. The van der Waals surface area contributed by atoms with Crippen LogP contribution in [0.5, 0.6) is 0 Å². The van der Waals surface area contributed by atoms with E-state index in [-0.39, 0.29) is 16.6 Å². The van der Waals surface area contributed by atoms with Gasteiger partial charge in [-0.2, -0.15) is 0 Å². The van der Waals surface area contributed by atoms with E-state index < -0.39 is 17.0 Å². The molecule has 9 heteroatoms. The first-order chi connectivity index (χ1) is 11.4. The molecule has 1 heterocycles. The fraction of sp³-hybridized carbons (Fsp3) is 0.200. The zero-order chi connectivity index (χ0) is 17.7. The number of aromatic nitrogens is 1. The lowest BCUT2D eigenvalue weighted by Gasteiger charge is -2.18. The summed E-state index contributed by atoms with van der Waals surface area (Å²) >= 11 is 3.95. The van der Waals surface area contributed by atoms with Gasteiger partial charge in [-0.15, -0.1) is 0 Å². The molecule has 1 aromatic carbocycles. The van der Waals surface area contributed by atoms with Crippen LogP contribution in [-0.2, 0) is 17.6 Å². The fourth-order valence-corrected chi connectivity index (χ4v) is 2.75. The highest BCUT2D eigenvalue weighted by molar-refractivity contribution is 7.79. The second kappa shape index (κ2) is 8.09. The van der Waals surface area contributed by atoms with Gasteiger partial charge in [-0.05, 0) is 23.8 Å². The molecule has 0 saturated carbocycles. The number of anilines is 2. The second-order valence-corrected chi connectivity index (χ2v) is 6.38. The minimum atomic E-state index is -1.91. The lowest BCUT2D eigenvalue weighted by molar-refractivity contribution is 0.100. The highest BCUT2D eigenvalue weighted by atomic mass is 35.5. The van der Waals surface area contributed by atoms with E-state index in [0.29, 0.717) is 12.2 Å². The van der Waals surface area contributed by atoms with Crippen LogP contribution in [-0.4, -0.2) is 32.6 Å². The van der Waals surface area contributed by atoms with Gasteiger partial charge in [0, 0.05) is 25.5 Å². The molecule has 0 aliphatic carbocycles. The van der Waals surface area contributed by atoms with Gasteiger partial charge in [-0.25, -0.2) is 9.19 Å². The Bertz CT molecular complexity index is 772. The average Bonchev–Trinajstić information content (AvgIpc) is 2.52. The first-order valence-corrected chi connectivity index (χ1v) is 8.59. The van der Waals surface area contributed by atoms with Crippen LogP contribution in [0.3, 0.4) is 0 Å². The predicted molar refractivity (Wildman–Crippen MR) is 95.6 cm³/mol. The molecule has 4 N–H and O–H groups in total. The predicted octanol–water partition coefficient (Wildman–Crippen LogP) is 2.06. The third kappa shape index (κ3) is 4.92. The maximum absolute atomic E-state index is 11.4. The van der Waals surface area contributed by atoms with Crippen LogP contribution < -0.4 is 16.0 Å². The van der Waals surface area contributed by atoms with E-state index in [4.69, 9.17) is 21.9 Å². The molecule has 2 aromatic rings. The molecule has 7 nitrogen and oxygen atoms in total. The number of primary amides is 1. The number of hydrogen-bond acceptors (Lipinski definition) is 5. The molecule has 0 saturated heterocycles. The summed E-state index contributed by atoms with van der Waals surface area (Å²) < 4.78 is 19.9. The van der Waals surface area contributed by atoms with Gasteiger partial charge < -0.3 is 20.5 Å². The number of nitrogens with one attached hydrogen (secondary N) is 1. The number of amides is 1. The smallest absolute Gasteiger partial charge is 0.252 e. The molecular weight excluding hydrogens is 352 g/mol. The quantitative estimate of drug-likeness (QED) is 0.510. The van der Waals surface area contributed by atoms with Crippen LogP contribution in [0.25, 0.3) is 0 Å². The number of hydrogen-bond donors (Lipinski definition) is 3. The van der Waals surface area contributed by atoms with Crippen molar-refractivity contribution in [2.75, 3.05) is 23.1 Å². The molecule has 1 amide bonds. The summed E-state index contributed by atoms with van der Waals surface area (Å²) in [6.45, 7) is 0.421. The van der Waals surface area contributed by atoms with Crippen LogP contribution in [0.15, 0.2) is 36.5 Å². The Hall–Kier alpha value is -2.16. The monoisotopic (exact) mass is 368 g/mol. The van der Waals surface area contributed by atoms with Gasteiger partial charge in [0.2, 0.25) is 0 Å². The van der Waals surface area contributed by atoms with Crippen molar-refractivity contribution in [3.05, 3.63) is 52.8 Å². The number of carbonyl (C=O) groups is 1. The topological polar surface area (TPSA) is 109 Å². The molecule has 24 heavy (non-hydrogen) atoms. The van der Waals surface area contributed by atoms with Crippen LogP contribution in [0, 0.1) is 0 Å². The number of rotatable bonds is 7. The zero-order valence-corrected chi connectivity index (χ0v) is 14.5. The van der Waals surface area contributed by atoms with Gasteiger partial charge in [-0.1, -0.05) is 23.7 Å². The van der Waals surface area contributed by atoms with Crippen molar-refractivity contribution in [1.82, 2.24) is 4.98 Å². The van der Waals surface area contributed by atoms with E-state index in [0.717, 1.165) is 11.3 Å².